The Morgan fingerprint density at radius 3 is 2.40 bits per heavy atom. The molecule has 9 heteroatoms. The van der Waals surface area contributed by atoms with Crippen molar-refractivity contribution in [2.75, 3.05) is 24.8 Å². The molecule has 0 saturated carbocycles. The van der Waals surface area contributed by atoms with Crippen molar-refractivity contribution in [1.82, 2.24) is 14.8 Å². The predicted octanol–water partition coefficient (Wildman–Crippen LogP) is 6.03. The zero-order valence-corrected chi connectivity index (χ0v) is 21.2. The minimum atomic E-state index is -0.146. The number of halogens is 1. The Morgan fingerprint density at radius 1 is 1.03 bits per heavy atom. The molecule has 0 radical (unpaired) electrons. The van der Waals surface area contributed by atoms with E-state index in [1.165, 1.54) is 11.8 Å². The first-order valence-electron chi connectivity index (χ1n) is 11.0. The molecule has 4 aromatic rings. The number of hydrogen-bond acceptors (Lipinski definition) is 6. The number of nitrogens with zero attached hydrogens (tertiary/aromatic N) is 3. The highest BCUT2D eigenvalue weighted by atomic mass is 35.5. The van der Waals surface area contributed by atoms with Gasteiger partial charge in [0, 0.05) is 22.0 Å². The third-order valence-electron chi connectivity index (χ3n) is 5.18. The monoisotopic (exact) mass is 508 g/mol. The van der Waals surface area contributed by atoms with Gasteiger partial charge in [0.1, 0.15) is 11.5 Å². The largest absolute Gasteiger partial charge is 0.497 e. The lowest BCUT2D eigenvalue weighted by Crippen LogP contribution is -2.15. The molecular weight excluding hydrogens is 484 g/mol. The molecule has 4 rings (SSSR count). The van der Waals surface area contributed by atoms with Crippen LogP contribution in [0.25, 0.3) is 17.1 Å². The molecule has 0 saturated heterocycles. The van der Waals surface area contributed by atoms with E-state index in [1.54, 1.807) is 19.2 Å². The van der Waals surface area contributed by atoms with E-state index >= 15 is 0 Å². The standard InChI is InChI=1S/C26H25ClN4O3S/c1-4-34-22-12-8-20(9-13-22)31-25(18-5-10-21(33-3)11-6-18)29-30-26(31)35-16-24(32)28-23-14-7-19(27)15-17(23)2/h5-15H,4,16H2,1-3H3,(H,28,32). The third-order valence-corrected chi connectivity index (χ3v) is 6.35. The molecule has 35 heavy (non-hydrogen) atoms. The van der Waals surface area contributed by atoms with E-state index in [2.05, 4.69) is 15.5 Å². The number of rotatable bonds is 9. The molecule has 1 aromatic heterocycles. The maximum atomic E-state index is 12.7. The van der Waals surface area contributed by atoms with Crippen LogP contribution >= 0.6 is 23.4 Å². The normalized spacial score (nSPS) is 10.7. The van der Waals surface area contributed by atoms with Crippen LogP contribution in [0.4, 0.5) is 5.69 Å². The minimum Gasteiger partial charge on any atom is -0.497 e. The lowest BCUT2D eigenvalue weighted by Gasteiger charge is -2.12. The van der Waals surface area contributed by atoms with Crippen molar-refractivity contribution in [1.29, 1.82) is 0 Å². The summed E-state index contributed by atoms with van der Waals surface area (Å²) in [6, 6.07) is 20.7. The molecule has 180 valence electrons. The second-order valence-corrected chi connectivity index (χ2v) is 8.97. The van der Waals surface area contributed by atoms with Gasteiger partial charge in [0.15, 0.2) is 11.0 Å². The summed E-state index contributed by atoms with van der Waals surface area (Å²) in [7, 11) is 1.63. The third kappa shape index (κ3) is 5.96. The maximum absolute atomic E-state index is 12.7. The first kappa shape index (κ1) is 24.6. The fourth-order valence-corrected chi connectivity index (χ4v) is 4.44. The quantitative estimate of drug-likeness (QED) is 0.278. The lowest BCUT2D eigenvalue weighted by atomic mass is 10.2. The van der Waals surface area contributed by atoms with Crippen LogP contribution < -0.4 is 14.8 Å². The van der Waals surface area contributed by atoms with E-state index in [-0.39, 0.29) is 11.7 Å². The summed E-state index contributed by atoms with van der Waals surface area (Å²) in [5.41, 5.74) is 3.36. The van der Waals surface area contributed by atoms with Gasteiger partial charge in [0.2, 0.25) is 5.91 Å². The van der Waals surface area contributed by atoms with Crippen LogP contribution in [0.15, 0.2) is 71.9 Å². The van der Waals surface area contributed by atoms with Gasteiger partial charge in [-0.05, 0) is 86.1 Å². The van der Waals surface area contributed by atoms with E-state index in [0.717, 1.165) is 34.0 Å². The molecule has 1 heterocycles. The van der Waals surface area contributed by atoms with Crippen molar-refractivity contribution < 1.29 is 14.3 Å². The zero-order valence-electron chi connectivity index (χ0n) is 19.6. The van der Waals surface area contributed by atoms with Gasteiger partial charge in [-0.15, -0.1) is 10.2 Å². The van der Waals surface area contributed by atoms with E-state index in [9.17, 15) is 4.79 Å². The van der Waals surface area contributed by atoms with Crippen molar-refractivity contribution in [2.45, 2.75) is 19.0 Å². The molecule has 7 nitrogen and oxygen atoms in total. The summed E-state index contributed by atoms with van der Waals surface area (Å²) in [6.07, 6.45) is 0. The molecule has 0 bridgehead atoms. The van der Waals surface area contributed by atoms with Gasteiger partial charge >= 0.3 is 0 Å². The van der Waals surface area contributed by atoms with Gasteiger partial charge in [0.25, 0.3) is 0 Å². The number of amides is 1. The topological polar surface area (TPSA) is 78.3 Å². The molecule has 3 aromatic carbocycles. The number of anilines is 1. The van der Waals surface area contributed by atoms with Crippen molar-refractivity contribution in [3.8, 4) is 28.6 Å². The SMILES string of the molecule is CCOc1ccc(-n2c(SCC(=O)Nc3ccc(Cl)cc3C)nnc2-c2ccc(OC)cc2)cc1. The Hall–Kier alpha value is -3.49. The fraction of sp³-hybridized carbons (Fsp3) is 0.192. The van der Waals surface area contributed by atoms with Crippen LogP contribution in [-0.2, 0) is 4.79 Å². The zero-order chi connectivity index (χ0) is 24.8. The number of aryl methyl sites for hydroxylation is 1. The van der Waals surface area contributed by atoms with E-state index in [0.29, 0.717) is 22.6 Å². The molecular formula is C26H25ClN4O3S. The van der Waals surface area contributed by atoms with Gasteiger partial charge in [-0.25, -0.2) is 0 Å². The molecule has 1 amide bonds. The fourth-order valence-electron chi connectivity index (χ4n) is 3.47. The summed E-state index contributed by atoms with van der Waals surface area (Å²) in [4.78, 5) is 12.7. The molecule has 0 atom stereocenters. The number of hydrogen-bond donors (Lipinski definition) is 1. The Labute approximate surface area is 213 Å². The Morgan fingerprint density at radius 2 is 1.74 bits per heavy atom. The van der Waals surface area contributed by atoms with E-state index in [4.69, 9.17) is 21.1 Å². The number of carbonyl (C=O) groups is 1. The minimum absolute atomic E-state index is 0.146. The number of aromatic nitrogens is 3. The molecule has 0 aliphatic rings. The summed E-state index contributed by atoms with van der Waals surface area (Å²) >= 11 is 7.33. The van der Waals surface area contributed by atoms with Crippen molar-refractivity contribution in [3.63, 3.8) is 0 Å². The van der Waals surface area contributed by atoms with Crippen molar-refractivity contribution in [3.05, 3.63) is 77.3 Å². The van der Waals surface area contributed by atoms with Gasteiger partial charge in [-0.3, -0.25) is 9.36 Å². The summed E-state index contributed by atoms with van der Waals surface area (Å²) < 4.78 is 12.8. The number of methoxy groups -OCH3 is 1. The van der Waals surface area contributed by atoms with E-state index < -0.39 is 0 Å². The average Bonchev–Trinajstić information content (AvgIpc) is 3.29. The van der Waals surface area contributed by atoms with Crippen LogP contribution in [0, 0.1) is 6.92 Å². The van der Waals surface area contributed by atoms with Crippen LogP contribution in [0.2, 0.25) is 5.02 Å². The summed E-state index contributed by atoms with van der Waals surface area (Å²) in [6.45, 7) is 4.44. The smallest absolute Gasteiger partial charge is 0.234 e. The Balaban J connectivity index is 1.60. The summed E-state index contributed by atoms with van der Waals surface area (Å²) in [5.74, 6) is 2.22. The highest BCUT2D eigenvalue weighted by molar-refractivity contribution is 7.99. The number of ether oxygens (including phenoxy) is 2. The second kappa shape index (κ2) is 11.3. The molecule has 1 N–H and O–H groups in total. The molecule has 0 unspecified atom stereocenters. The van der Waals surface area contributed by atoms with Crippen molar-refractivity contribution >= 4 is 35.0 Å². The van der Waals surface area contributed by atoms with Crippen LogP contribution in [-0.4, -0.2) is 40.1 Å². The first-order valence-corrected chi connectivity index (χ1v) is 12.4. The molecule has 0 fully saturated rings. The highest BCUT2D eigenvalue weighted by Gasteiger charge is 2.18. The van der Waals surface area contributed by atoms with Crippen LogP contribution in [0.1, 0.15) is 12.5 Å². The lowest BCUT2D eigenvalue weighted by molar-refractivity contribution is -0.113. The van der Waals surface area contributed by atoms with E-state index in [1.807, 2.05) is 73.0 Å². The molecule has 0 aliphatic heterocycles. The first-order chi connectivity index (χ1) is 17.0. The molecule has 0 aliphatic carbocycles. The Bertz CT molecular complexity index is 1310. The van der Waals surface area contributed by atoms with Gasteiger partial charge in [-0.1, -0.05) is 23.4 Å². The van der Waals surface area contributed by atoms with Crippen LogP contribution in [0.3, 0.4) is 0 Å². The predicted molar refractivity (Wildman–Crippen MR) is 140 cm³/mol. The second-order valence-electron chi connectivity index (χ2n) is 7.59. The van der Waals surface area contributed by atoms with Crippen LogP contribution in [0.5, 0.6) is 11.5 Å². The average molecular weight is 509 g/mol. The summed E-state index contributed by atoms with van der Waals surface area (Å²) in [5, 5.41) is 13.0. The van der Waals surface area contributed by atoms with Gasteiger partial charge in [0.05, 0.1) is 19.5 Å². The Kier molecular flexibility index (Phi) is 7.94. The molecule has 0 spiro atoms. The number of nitrogens with one attached hydrogen (secondary N) is 1. The van der Waals surface area contributed by atoms with Gasteiger partial charge < -0.3 is 14.8 Å². The highest BCUT2D eigenvalue weighted by Crippen LogP contribution is 2.30. The maximum Gasteiger partial charge on any atom is 0.234 e. The number of carbonyl (C=O) groups excluding carboxylic acids is 1. The van der Waals surface area contributed by atoms with Crippen molar-refractivity contribution in [2.24, 2.45) is 0 Å². The van der Waals surface area contributed by atoms with Gasteiger partial charge in [-0.2, -0.15) is 0 Å². The number of thioether (sulfide) groups is 1. The number of benzene rings is 3.